The van der Waals surface area contributed by atoms with Gasteiger partial charge in [-0.1, -0.05) is 13.0 Å². The summed E-state index contributed by atoms with van der Waals surface area (Å²) in [6.07, 6.45) is 5.79. The Hall–Kier alpha value is -0.300. The van der Waals surface area contributed by atoms with Crippen LogP contribution in [0.15, 0.2) is 12.7 Å². The van der Waals surface area contributed by atoms with Gasteiger partial charge in [0.15, 0.2) is 0 Å². The molecule has 0 heterocycles. The summed E-state index contributed by atoms with van der Waals surface area (Å²) in [5.41, 5.74) is 0.480. The van der Waals surface area contributed by atoms with Crippen molar-refractivity contribution in [2.45, 2.75) is 31.7 Å². The minimum atomic E-state index is 0.480. The molecule has 1 aliphatic rings. The molecular formula is C9H17N. The first-order chi connectivity index (χ1) is 4.79. The largest absolute Gasteiger partial charge is 0.314 e. The van der Waals surface area contributed by atoms with Crippen LogP contribution in [0.3, 0.4) is 0 Å². The molecule has 0 radical (unpaired) electrons. The highest BCUT2D eigenvalue weighted by Gasteiger charge is 2.50. The van der Waals surface area contributed by atoms with E-state index in [4.69, 9.17) is 0 Å². The molecule has 1 aliphatic carbocycles. The summed E-state index contributed by atoms with van der Waals surface area (Å²) in [5, 5.41) is 3.39. The fourth-order valence-electron chi connectivity index (χ4n) is 1.81. The molecule has 1 fully saturated rings. The smallest absolute Gasteiger partial charge is 0.0211 e. The maximum atomic E-state index is 3.75. The third-order valence-corrected chi connectivity index (χ3v) is 2.81. The van der Waals surface area contributed by atoms with Crippen molar-refractivity contribution in [2.75, 3.05) is 7.05 Å². The van der Waals surface area contributed by atoms with Crippen LogP contribution in [0.1, 0.15) is 26.2 Å². The lowest BCUT2D eigenvalue weighted by molar-refractivity contribution is 0.484. The molecule has 0 aromatic heterocycles. The molecule has 1 N–H and O–H groups in total. The molecule has 0 aromatic rings. The first-order valence-corrected chi connectivity index (χ1v) is 4.09. The lowest BCUT2D eigenvalue weighted by Gasteiger charge is -2.12. The Morgan fingerprint density at radius 1 is 1.80 bits per heavy atom. The van der Waals surface area contributed by atoms with E-state index in [0.29, 0.717) is 5.54 Å². The lowest BCUT2D eigenvalue weighted by Crippen LogP contribution is -2.28. The molecule has 0 saturated heterocycles. The summed E-state index contributed by atoms with van der Waals surface area (Å²) in [4.78, 5) is 0. The molecule has 0 spiro atoms. The Labute approximate surface area is 63.5 Å². The number of rotatable bonds is 4. The van der Waals surface area contributed by atoms with Gasteiger partial charge in [-0.15, -0.1) is 6.58 Å². The monoisotopic (exact) mass is 139 g/mol. The molecule has 58 valence electrons. The van der Waals surface area contributed by atoms with Crippen molar-refractivity contribution in [2.24, 2.45) is 5.92 Å². The first kappa shape index (κ1) is 7.80. The average Bonchev–Trinajstić information content (AvgIpc) is 2.65. The molecule has 0 amide bonds. The SMILES string of the molecule is C=CCC1CC1(CC)NC. The third kappa shape index (κ3) is 1.10. The maximum absolute atomic E-state index is 3.75. The fourth-order valence-corrected chi connectivity index (χ4v) is 1.81. The lowest BCUT2D eigenvalue weighted by atomic mass is 10.1. The van der Waals surface area contributed by atoms with E-state index in [-0.39, 0.29) is 0 Å². The highest BCUT2D eigenvalue weighted by atomic mass is 15.0. The molecule has 10 heavy (non-hydrogen) atoms. The van der Waals surface area contributed by atoms with Crippen LogP contribution < -0.4 is 5.32 Å². The molecule has 1 saturated carbocycles. The van der Waals surface area contributed by atoms with Crippen LogP contribution in [0.2, 0.25) is 0 Å². The zero-order valence-electron chi connectivity index (χ0n) is 6.98. The van der Waals surface area contributed by atoms with Gasteiger partial charge in [0.25, 0.3) is 0 Å². The van der Waals surface area contributed by atoms with E-state index in [1.807, 2.05) is 6.08 Å². The van der Waals surface area contributed by atoms with Gasteiger partial charge in [-0.25, -0.2) is 0 Å². The van der Waals surface area contributed by atoms with Gasteiger partial charge in [0.1, 0.15) is 0 Å². The standard InChI is InChI=1S/C9H17N/c1-4-6-8-7-9(8,5-2)10-3/h4,8,10H,1,5-7H2,2-3H3. The Balaban J connectivity index is 2.36. The summed E-state index contributed by atoms with van der Waals surface area (Å²) in [6, 6.07) is 0. The van der Waals surface area contributed by atoms with Crippen molar-refractivity contribution in [3.8, 4) is 0 Å². The Kier molecular flexibility index (Phi) is 2.14. The van der Waals surface area contributed by atoms with Crippen molar-refractivity contribution in [3.05, 3.63) is 12.7 Å². The van der Waals surface area contributed by atoms with Gasteiger partial charge >= 0.3 is 0 Å². The predicted molar refractivity (Wildman–Crippen MR) is 45.0 cm³/mol. The minimum absolute atomic E-state index is 0.480. The molecule has 0 bridgehead atoms. The topological polar surface area (TPSA) is 12.0 Å². The van der Waals surface area contributed by atoms with Crippen molar-refractivity contribution in [1.82, 2.24) is 5.32 Å². The second kappa shape index (κ2) is 2.75. The summed E-state index contributed by atoms with van der Waals surface area (Å²) >= 11 is 0. The predicted octanol–water partition coefficient (Wildman–Crippen LogP) is 1.95. The maximum Gasteiger partial charge on any atom is 0.0211 e. The molecule has 1 nitrogen and oxygen atoms in total. The van der Waals surface area contributed by atoms with E-state index in [9.17, 15) is 0 Å². The van der Waals surface area contributed by atoms with E-state index in [2.05, 4.69) is 25.9 Å². The van der Waals surface area contributed by atoms with Crippen molar-refractivity contribution >= 4 is 0 Å². The summed E-state index contributed by atoms with van der Waals surface area (Å²) in [7, 11) is 2.06. The summed E-state index contributed by atoms with van der Waals surface area (Å²) in [6.45, 7) is 6.00. The third-order valence-electron chi connectivity index (χ3n) is 2.81. The van der Waals surface area contributed by atoms with Crippen LogP contribution in [0, 0.1) is 5.92 Å². The molecule has 2 atom stereocenters. The number of nitrogens with one attached hydrogen (secondary N) is 1. The molecule has 0 aromatic carbocycles. The van der Waals surface area contributed by atoms with Gasteiger partial charge in [0.05, 0.1) is 0 Å². The van der Waals surface area contributed by atoms with Crippen LogP contribution in [-0.2, 0) is 0 Å². The number of allylic oxidation sites excluding steroid dienone is 1. The van der Waals surface area contributed by atoms with Crippen LogP contribution in [0.5, 0.6) is 0 Å². The normalized spacial score (nSPS) is 37.6. The zero-order chi connectivity index (χ0) is 7.61. The van der Waals surface area contributed by atoms with Gasteiger partial charge in [-0.3, -0.25) is 0 Å². The van der Waals surface area contributed by atoms with Crippen molar-refractivity contribution < 1.29 is 0 Å². The van der Waals surface area contributed by atoms with Crippen molar-refractivity contribution in [3.63, 3.8) is 0 Å². The molecule has 2 unspecified atom stereocenters. The molecule has 1 rings (SSSR count). The van der Waals surface area contributed by atoms with Gasteiger partial charge < -0.3 is 5.32 Å². The van der Waals surface area contributed by atoms with E-state index >= 15 is 0 Å². The van der Waals surface area contributed by atoms with E-state index in [0.717, 1.165) is 5.92 Å². The number of hydrogen-bond acceptors (Lipinski definition) is 1. The number of hydrogen-bond donors (Lipinski definition) is 1. The Morgan fingerprint density at radius 3 is 2.80 bits per heavy atom. The van der Waals surface area contributed by atoms with E-state index in [1.165, 1.54) is 19.3 Å². The Bertz CT molecular complexity index is 125. The fraction of sp³-hybridized carbons (Fsp3) is 0.778. The molecule has 1 heteroatoms. The highest BCUT2D eigenvalue weighted by molar-refractivity contribution is 5.10. The van der Waals surface area contributed by atoms with Gasteiger partial charge in [-0.2, -0.15) is 0 Å². The van der Waals surface area contributed by atoms with Gasteiger partial charge in [0.2, 0.25) is 0 Å². The Morgan fingerprint density at radius 2 is 2.50 bits per heavy atom. The van der Waals surface area contributed by atoms with Gasteiger partial charge in [0, 0.05) is 5.54 Å². The van der Waals surface area contributed by atoms with Crippen LogP contribution in [-0.4, -0.2) is 12.6 Å². The molecule has 0 aliphatic heterocycles. The molecular weight excluding hydrogens is 122 g/mol. The summed E-state index contributed by atoms with van der Waals surface area (Å²) < 4.78 is 0. The van der Waals surface area contributed by atoms with E-state index < -0.39 is 0 Å². The minimum Gasteiger partial charge on any atom is -0.314 e. The van der Waals surface area contributed by atoms with Crippen molar-refractivity contribution in [1.29, 1.82) is 0 Å². The summed E-state index contributed by atoms with van der Waals surface area (Å²) in [5.74, 6) is 0.861. The van der Waals surface area contributed by atoms with Gasteiger partial charge in [-0.05, 0) is 32.2 Å². The second-order valence-corrected chi connectivity index (χ2v) is 3.19. The first-order valence-electron chi connectivity index (χ1n) is 4.09. The zero-order valence-corrected chi connectivity index (χ0v) is 6.98. The van der Waals surface area contributed by atoms with E-state index in [1.54, 1.807) is 0 Å². The highest BCUT2D eigenvalue weighted by Crippen LogP contribution is 2.47. The average molecular weight is 139 g/mol. The van der Waals surface area contributed by atoms with Crippen LogP contribution >= 0.6 is 0 Å². The quantitative estimate of drug-likeness (QED) is 0.587. The van der Waals surface area contributed by atoms with Crippen LogP contribution in [0.4, 0.5) is 0 Å². The second-order valence-electron chi connectivity index (χ2n) is 3.19. The van der Waals surface area contributed by atoms with Crippen LogP contribution in [0.25, 0.3) is 0 Å².